The molecule has 1 atom stereocenters. The summed E-state index contributed by atoms with van der Waals surface area (Å²) in [5, 5.41) is 1.14. The molecule has 0 aliphatic carbocycles. The second kappa shape index (κ2) is 7.01. The molecule has 154 valence electrons. The number of aromatic nitrogens is 1. The largest absolute Gasteiger partial charge is 0.355 e. The summed E-state index contributed by atoms with van der Waals surface area (Å²) in [6.45, 7) is 4.95. The van der Waals surface area contributed by atoms with E-state index in [1.807, 2.05) is 47.4 Å². The van der Waals surface area contributed by atoms with Crippen LogP contribution in [0.15, 0.2) is 48.5 Å². The number of hydrogen-bond donors (Lipinski definition) is 1. The minimum atomic E-state index is -1.11. The molecule has 0 radical (unpaired) electrons. The van der Waals surface area contributed by atoms with E-state index in [0.29, 0.717) is 13.1 Å². The first-order chi connectivity index (χ1) is 14.6. The highest BCUT2D eigenvalue weighted by Crippen LogP contribution is 2.52. The Morgan fingerprint density at radius 1 is 1.10 bits per heavy atom. The average Bonchev–Trinajstić information content (AvgIpc) is 3.25. The van der Waals surface area contributed by atoms with E-state index in [9.17, 15) is 9.59 Å². The van der Waals surface area contributed by atoms with Gasteiger partial charge in [0, 0.05) is 36.5 Å². The smallest absolute Gasteiger partial charge is 0.263 e. The molecule has 1 N–H and O–H groups in total. The number of rotatable bonds is 4. The van der Waals surface area contributed by atoms with Crippen LogP contribution in [0.25, 0.3) is 10.9 Å². The number of benzene rings is 2. The van der Waals surface area contributed by atoms with Gasteiger partial charge in [-0.25, -0.2) is 0 Å². The summed E-state index contributed by atoms with van der Waals surface area (Å²) in [5.41, 5.74) is 3.76. The van der Waals surface area contributed by atoms with Crippen LogP contribution in [-0.2, 0) is 21.5 Å². The number of fused-ring (bicyclic) bond motifs is 6. The Kier molecular flexibility index (Phi) is 4.42. The highest BCUT2D eigenvalue weighted by Gasteiger charge is 2.60. The summed E-state index contributed by atoms with van der Waals surface area (Å²) < 4.78 is 0. The van der Waals surface area contributed by atoms with Gasteiger partial charge in [-0.1, -0.05) is 56.2 Å². The van der Waals surface area contributed by atoms with Gasteiger partial charge in [0.05, 0.1) is 11.4 Å². The predicted octanol–water partition coefficient (Wildman–Crippen LogP) is 4.35. The highest BCUT2D eigenvalue weighted by atomic mass is 16.2. The van der Waals surface area contributed by atoms with Crippen molar-refractivity contribution < 1.29 is 9.59 Å². The van der Waals surface area contributed by atoms with E-state index < -0.39 is 5.54 Å². The van der Waals surface area contributed by atoms with E-state index in [0.717, 1.165) is 59.1 Å². The quantitative estimate of drug-likeness (QED) is 0.661. The highest BCUT2D eigenvalue weighted by molar-refractivity contribution is 6.12. The zero-order chi connectivity index (χ0) is 20.9. The maximum absolute atomic E-state index is 14.2. The van der Waals surface area contributed by atoms with E-state index in [2.05, 4.69) is 18.0 Å². The van der Waals surface area contributed by atoms with E-state index in [4.69, 9.17) is 0 Å². The summed E-state index contributed by atoms with van der Waals surface area (Å²) >= 11 is 0. The molecule has 2 aliphatic heterocycles. The Morgan fingerprint density at radius 2 is 1.87 bits per heavy atom. The molecule has 0 fully saturated rings. The minimum absolute atomic E-state index is 0.0116. The Hall–Kier alpha value is -3.08. The average molecular weight is 402 g/mol. The molecule has 0 saturated heterocycles. The Balaban J connectivity index is 1.78. The van der Waals surface area contributed by atoms with Crippen LogP contribution in [0.4, 0.5) is 5.69 Å². The molecule has 1 aromatic heterocycles. The standard InChI is InChI=1S/C25H27N3O2/c1-3-4-9-15-27-22-13-8-6-11-20(22)25(24(27)30)23-19(14-16-28(25)17(2)29)18-10-5-7-12-21(18)26-23/h5-8,10-13,26H,3-4,9,14-16H2,1-2H3. The van der Waals surface area contributed by atoms with Gasteiger partial charge >= 0.3 is 0 Å². The number of unbranched alkanes of at least 4 members (excludes halogenated alkanes) is 2. The lowest BCUT2D eigenvalue weighted by atomic mass is 9.80. The van der Waals surface area contributed by atoms with Crippen molar-refractivity contribution in [1.29, 1.82) is 0 Å². The van der Waals surface area contributed by atoms with Crippen LogP contribution in [0.3, 0.4) is 0 Å². The van der Waals surface area contributed by atoms with Gasteiger partial charge in [-0.05, 0) is 30.5 Å². The number of nitrogens with zero attached hydrogens (tertiary/aromatic N) is 2. The van der Waals surface area contributed by atoms with Crippen molar-refractivity contribution in [3.63, 3.8) is 0 Å². The normalized spacial score (nSPS) is 20.1. The molecular weight excluding hydrogens is 374 g/mol. The van der Waals surface area contributed by atoms with Crippen molar-refractivity contribution in [2.45, 2.75) is 45.1 Å². The predicted molar refractivity (Wildman–Crippen MR) is 118 cm³/mol. The third-order valence-corrected chi connectivity index (χ3v) is 6.67. The molecule has 1 spiro atoms. The molecule has 2 aromatic carbocycles. The zero-order valence-electron chi connectivity index (χ0n) is 17.6. The molecule has 0 saturated carbocycles. The minimum Gasteiger partial charge on any atom is -0.355 e. The second-order valence-electron chi connectivity index (χ2n) is 8.34. The first-order valence-corrected chi connectivity index (χ1v) is 10.9. The van der Waals surface area contributed by atoms with Gasteiger partial charge in [-0.2, -0.15) is 0 Å². The third kappa shape index (κ3) is 2.41. The Morgan fingerprint density at radius 3 is 2.67 bits per heavy atom. The van der Waals surface area contributed by atoms with Crippen molar-refractivity contribution >= 4 is 28.4 Å². The number of hydrogen-bond acceptors (Lipinski definition) is 2. The Labute approximate surface area is 176 Å². The molecule has 1 unspecified atom stereocenters. The van der Waals surface area contributed by atoms with Crippen LogP contribution >= 0.6 is 0 Å². The fourth-order valence-electron chi connectivity index (χ4n) is 5.37. The lowest BCUT2D eigenvalue weighted by Gasteiger charge is -2.43. The van der Waals surface area contributed by atoms with Gasteiger partial charge in [0.2, 0.25) is 5.91 Å². The molecule has 5 heteroatoms. The SMILES string of the molecule is CCCCCN1C(=O)C2(c3ccccc31)c1[nH]c3ccccc3c1CCN2C(C)=O. The summed E-state index contributed by atoms with van der Waals surface area (Å²) in [6, 6.07) is 16.2. The maximum atomic E-state index is 14.2. The lowest BCUT2D eigenvalue weighted by molar-refractivity contribution is -0.143. The van der Waals surface area contributed by atoms with Crippen molar-refractivity contribution in [2.24, 2.45) is 0 Å². The van der Waals surface area contributed by atoms with E-state index in [1.165, 1.54) is 0 Å². The molecule has 3 aromatic rings. The molecule has 3 heterocycles. The van der Waals surface area contributed by atoms with Crippen molar-refractivity contribution in [1.82, 2.24) is 9.88 Å². The fraction of sp³-hybridized carbons (Fsp3) is 0.360. The van der Waals surface area contributed by atoms with Gasteiger partial charge in [-0.15, -0.1) is 0 Å². The van der Waals surface area contributed by atoms with Crippen molar-refractivity contribution in [2.75, 3.05) is 18.0 Å². The molecule has 0 bridgehead atoms. The third-order valence-electron chi connectivity index (χ3n) is 6.67. The molecular formula is C25H27N3O2. The van der Waals surface area contributed by atoms with Crippen LogP contribution in [0.2, 0.25) is 0 Å². The number of para-hydroxylation sites is 2. The van der Waals surface area contributed by atoms with Gasteiger partial charge in [0.25, 0.3) is 5.91 Å². The number of H-pyrrole nitrogens is 1. The van der Waals surface area contributed by atoms with Gasteiger partial charge in [0.15, 0.2) is 5.54 Å². The monoisotopic (exact) mass is 401 g/mol. The first kappa shape index (κ1) is 18.9. The Bertz CT molecular complexity index is 1150. The number of amides is 2. The lowest BCUT2D eigenvalue weighted by Crippen LogP contribution is -2.58. The van der Waals surface area contributed by atoms with Gasteiger partial charge < -0.3 is 14.8 Å². The van der Waals surface area contributed by atoms with Gasteiger partial charge in [-0.3, -0.25) is 9.59 Å². The molecule has 2 amide bonds. The maximum Gasteiger partial charge on any atom is 0.263 e. The van der Waals surface area contributed by atoms with E-state index in [1.54, 1.807) is 11.8 Å². The van der Waals surface area contributed by atoms with Crippen LogP contribution in [0.1, 0.15) is 49.9 Å². The summed E-state index contributed by atoms with van der Waals surface area (Å²) in [4.78, 5) is 34.3. The number of aromatic amines is 1. The number of carbonyl (C=O) groups excluding carboxylic acids is 2. The van der Waals surface area contributed by atoms with Crippen LogP contribution in [0.5, 0.6) is 0 Å². The first-order valence-electron chi connectivity index (χ1n) is 10.9. The topological polar surface area (TPSA) is 56.4 Å². The van der Waals surface area contributed by atoms with E-state index >= 15 is 0 Å². The number of nitrogens with one attached hydrogen (secondary N) is 1. The number of carbonyl (C=O) groups is 2. The molecule has 2 aliphatic rings. The summed E-state index contributed by atoms with van der Waals surface area (Å²) in [7, 11) is 0. The van der Waals surface area contributed by atoms with Crippen molar-refractivity contribution in [3.05, 3.63) is 65.4 Å². The fourth-order valence-corrected chi connectivity index (χ4v) is 5.37. The summed E-state index contributed by atoms with van der Waals surface area (Å²) in [5.74, 6) is -0.0830. The van der Waals surface area contributed by atoms with Gasteiger partial charge in [0.1, 0.15) is 0 Å². The molecule has 30 heavy (non-hydrogen) atoms. The number of anilines is 1. The van der Waals surface area contributed by atoms with Crippen LogP contribution in [0, 0.1) is 0 Å². The zero-order valence-corrected chi connectivity index (χ0v) is 17.6. The van der Waals surface area contributed by atoms with Crippen molar-refractivity contribution in [3.8, 4) is 0 Å². The summed E-state index contributed by atoms with van der Waals surface area (Å²) in [6.07, 6.45) is 3.87. The second-order valence-corrected chi connectivity index (χ2v) is 8.34. The molecule has 5 nitrogen and oxygen atoms in total. The van der Waals surface area contributed by atoms with E-state index in [-0.39, 0.29) is 11.8 Å². The van der Waals surface area contributed by atoms with Crippen LogP contribution in [-0.4, -0.2) is 34.8 Å². The molecule has 5 rings (SSSR count). The van der Waals surface area contributed by atoms with Crippen LogP contribution < -0.4 is 4.90 Å².